The fraction of sp³-hybridized carbons (Fsp3) is 0.600. The van der Waals surface area contributed by atoms with Crippen LogP contribution in [-0.4, -0.2) is 22.9 Å². The Morgan fingerprint density at radius 3 is 2.78 bits per heavy atom. The first kappa shape index (κ1) is 13.4. The number of fused-ring (bicyclic) bond motifs is 1. The highest BCUT2D eigenvalue weighted by atomic mass is 16.5. The van der Waals surface area contributed by atoms with Crippen molar-refractivity contribution in [3.8, 4) is 5.75 Å². The number of para-hydroxylation sites is 1. The normalized spacial score (nSPS) is 17.4. The van der Waals surface area contributed by atoms with Crippen molar-refractivity contribution >= 4 is 0 Å². The van der Waals surface area contributed by atoms with E-state index >= 15 is 0 Å². The summed E-state index contributed by atoms with van der Waals surface area (Å²) in [5, 5.41) is 12.6. The molecule has 3 nitrogen and oxygen atoms in total. The standard InChI is InChI=1S/C15H23NO2/c1-14(2,10-17)16-9-12-7-5-6-11-8-15(3,4)18-13(11)12/h5-7,16-17H,8-10H2,1-4H3. The van der Waals surface area contributed by atoms with E-state index < -0.39 is 0 Å². The zero-order valence-electron chi connectivity index (χ0n) is 11.7. The number of nitrogens with one attached hydrogen (secondary N) is 1. The lowest BCUT2D eigenvalue weighted by Gasteiger charge is -2.24. The van der Waals surface area contributed by atoms with Crippen LogP contribution in [0.4, 0.5) is 0 Å². The zero-order chi connectivity index (χ0) is 13.4. The summed E-state index contributed by atoms with van der Waals surface area (Å²) in [5.74, 6) is 1.02. The number of rotatable bonds is 4. The van der Waals surface area contributed by atoms with Crippen molar-refractivity contribution in [1.82, 2.24) is 5.32 Å². The van der Waals surface area contributed by atoms with Crippen molar-refractivity contribution < 1.29 is 9.84 Å². The second-order valence-electron chi connectivity index (χ2n) is 6.34. The molecule has 1 aliphatic heterocycles. The minimum atomic E-state index is -0.267. The molecule has 0 fully saturated rings. The van der Waals surface area contributed by atoms with E-state index in [1.54, 1.807) is 0 Å². The Labute approximate surface area is 109 Å². The molecule has 2 rings (SSSR count). The van der Waals surface area contributed by atoms with Crippen LogP contribution in [0.2, 0.25) is 0 Å². The van der Waals surface area contributed by atoms with Gasteiger partial charge in [0.25, 0.3) is 0 Å². The van der Waals surface area contributed by atoms with Crippen molar-refractivity contribution in [3.63, 3.8) is 0 Å². The lowest BCUT2D eigenvalue weighted by molar-refractivity contribution is 0.136. The summed E-state index contributed by atoms with van der Waals surface area (Å²) >= 11 is 0. The Morgan fingerprint density at radius 2 is 2.11 bits per heavy atom. The number of aliphatic hydroxyl groups excluding tert-OH is 1. The molecule has 2 N–H and O–H groups in total. The van der Waals surface area contributed by atoms with Crippen molar-refractivity contribution in [2.45, 2.75) is 51.8 Å². The molecule has 0 bridgehead atoms. The molecule has 18 heavy (non-hydrogen) atoms. The second-order valence-corrected chi connectivity index (χ2v) is 6.34. The molecule has 1 aromatic rings. The van der Waals surface area contributed by atoms with Crippen LogP contribution >= 0.6 is 0 Å². The van der Waals surface area contributed by atoms with Gasteiger partial charge in [0.05, 0.1) is 6.61 Å². The highest BCUT2D eigenvalue weighted by molar-refractivity contribution is 5.45. The van der Waals surface area contributed by atoms with E-state index in [0.717, 1.165) is 12.2 Å². The summed E-state index contributed by atoms with van der Waals surface area (Å²) in [7, 11) is 0. The molecule has 0 amide bonds. The molecule has 1 aliphatic rings. The predicted octanol–water partition coefficient (Wildman–Crippen LogP) is 2.26. The summed E-state index contributed by atoms with van der Waals surface area (Å²) in [6, 6.07) is 6.29. The van der Waals surface area contributed by atoms with Gasteiger partial charge in [-0.1, -0.05) is 18.2 Å². The molecule has 100 valence electrons. The Morgan fingerprint density at radius 1 is 1.39 bits per heavy atom. The van der Waals surface area contributed by atoms with Crippen molar-refractivity contribution in [1.29, 1.82) is 0 Å². The summed E-state index contributed by atoms with van der Waals surface area (Å²) in [6.07, 6.45) is 0.958. The number of hydrogen-bond donors (Lipinski definition) is 2. The summed E-state index contributed by atoms with van der Waals surface area (Å²) in [5.41, 5.74) is 2.07. The molecule has 0 saturated heterocycles. The molecule has 0 unspecified atom stereocenters. The Bertz CT molecular complexity index is 438. The van der Waals surface area contributed by atoms with Gasteiger partial charge in [0.15, 0.2) is 0 Å². The lowest BCUT2D eigenvalue weighted by atomic mass is 10.00. The molecule has 1 aromatic carbocycles. The van der Waals surface area contributed by atoms with E-state index in [2.05, 4.69) is 37.4 Å². The average Bonchev–Trinajstić information content (AvgIpc) is 2.60. The molecule has 0 aliphatic carbocycles. The molecule has 0 atom stereocenters. The van der Waals surface area contributed by atoms with Gasteiger partial charge in [-0.15, -0.1) is 0 Å². The van der Waals surface area contributed by atoms with E-state index in [9.17, 15) is 5.11 Å². The quantitative estimate of drug-likeness (QED) is 0.860. The van der Waals surface area contributed by atoms with Gasteiger partial charge in [0, 0.05) is 24.1 Å². The molecule has 3 heteroatoms. The highest BCUT2D eigenvalue weighted by Gasteiger charge is 2.31. The van der Waals surface area contributed by atoms with E-state index in [-0.39, 0.29) is 17.7 Å². The maximum absolute atomic E-state index is 9.25. The largest absolute Gasteiger partial charge is 0.487 e. The maximum Gasteiger partial charge on any atom is 0.127 e. The van der Waals surface area contributed by atoms with Gasteiger partial charge in [0.2, 0.25) is 0 Å². The third-order valence-electron chi connectivity index (χ3n) is 3.33. The third-order valence-corrected chi connectivity index (χ3v) is 3.33. The predicted molar refractivity (Wildman–Crippen MR) is 72.9 cm³/mol. The first-order valence-corrected chi connectivity index (χ1v) is 6.49. The molecule has 0 radical (unpaired) electrons. The van der Waals surface area contributed by atoms with Crippen LogP contribution in [0, 0.1) is 0 Å². The monoisotopic (exact) mass is 249 g/mol. The van der Waals surface area contributed by atoms with Crippen LogP contribution in [0.3, 0.4) is 0 Å². The van der Waals surface area contributed by atoms with Crippen LogP contribution < -0.4 is 10.1 Å². The maximum atomic E-state index is 9.25. The zero-order valence-corrected chi connectivity index (χ0v) is 11.7. The number of aliphatic hydroxyl groups is 1. The van der Waals surface area contributed by atoms with Crippen molar-refractivity contribution in [2.24, 2.45) is 0 Å². The van der Waals surface area contributed by atoms with E-state index in [0.29, 0.717) is 6.54 Å². The number of hydrogen-bond acceptors (Lipinski definition) is 3. The van der Waals surface area contributed by atoms with Crippen LogP contribution in [0.1, 0.15) is 38.8 Å². The van der Waals surface area contributed by atoms with Gasteiger partial charge < -0.3 is 15.2 Å². The van der Waals surface area contributed by atoms with Crippen LogP contribution in [0.5, 0.6) is 5.75 Å². The Balaban J connectivity index is 2.15. The first-order chi connectivity index (χ1) is 8.33. The smallest absolute Gasteiger partial charge is 0.127 e. The molecule has 1 heterocycles. The summed E-state index contributed by atoms with van der Waals surface area (Å²) in [6.45, 7) is 9.03. The van der Waals surface area contributed by atoms with E-state index in [4.69, 9.17) is 4.74 Å². The summed E-state index contributed by atoms with van der Waals surface area (Å²) in [4.78, 5) is 0. The third kappa shape index (κ3) is 2.85. The fourth-order valence-electron chi connectivity index (χ4n) is 2.21. The van der Waals surface area contributed by atoms with Crippen LogP contribution in [-0.2, 0) is 13.0 Å². The SMILES string of the molecule is CC(C)(CO)NCc1cccc2c1OC(C)(C)C2. The Hall–Kier alpha value is -1.06. The molecular weight excluding hydrogens is 226 g/mol. The Kier molecular flexibility index (Phi) is 3.39. The van der Waals surface area contributed by atoms with Gasteiger partial charge in [0.1, 0.15) is 11.4 Å². The van der Waals surface area contributed by atoms with Gasteiger partial charge in [-0.2, -0.15) is 0 Å². The van der Waals surface area contributed by atoms with Crippen LogP contribution in [0.25, 0.3) is 0 Å². The molecule has 0 spiro atoms. The molecule has 0 aromatic heterocycles. The minimum absolute atomic E-state index is 0.106. The van der Waals surface area contributed by atoms with Crippen molar-refractivity contribution in [2.75, 3.05) is 6.61 Å². The molecule has 0 saturated carbocycles. The second kappa shape index (κ2) is 4.56. The molecular formula is C15H23NO2. The minimum Gasteiger partial charge on any atom is -0.487 e. The van der Waals surface area contributed by atoms with Gasteiger partial charge in [-0.05, 0) is 33.3 Å². The number of benzene rings is 1. The summed E-state index contributed by atoms with van der Waals surface area (Å²) < 4.78 is 6.02. The van der Waals surface area contributed by atoms with Crippen LogP contribution in [0.15, 0.2) is 18.2 Å². The van der Waals surface area contributed by atoms with Gasteiger partial charge >= 0.3 is 0 Å². The highest BCUT2D eigenvalue weighted by Crippen LogP contribution is 2.37. The van der Waals surface area contributed by atoms with E-state index in [1.807, 2.05) is 13.8 Å². The van der Waals surface area contributed by atoms with Crippen molar-refractivity contribution in [3.05, 3.63) is 29.3 Å². The van der Waals surface area contributed by atoms with Gasteiger partial charge in [-0.25, -0.2) is 0 Å². The average molecular weight is 249 g/mol. The lowest BCUT2D eigenvalue weighted by Crippen LogP contribution is -2.42. The van der Waals surface area contributed by atoms with E-state index in [1.165, 1.54) is 11.1 Å². The fourth-order valence-corrected chi connectivity index (χ4v) is 2.21. The topological polar surface area (TPSA) is 41.5 Å². The first-order valence-electron chi connectivity index (χ1n) is 6.49. The van der Waals surface area contributed by atoms with Gasteiger partial charge in [-0.3, -0.25) is 0 Å². The number of ether oxygens (including phenoxy) is 1.